The first-order valence-corrected chi connectivity index (χ1v) is 8.61. The number of nitrogens with zero attached hydrogens (tertiary/aromatic N) is 1. The predicted molar refractivity (Wildman–Crippen MR) is 87.7 cm³/mol. The van der Waals surface area contributed by atoms with Crippen LogP contribution in [0.25, 0.3) is 0 Å². The molecule has 0 bridgehead atoms. The molecule has 0 aromatic carbocycles. The molecular weight excluding hydrogens is 294 g/mol. The highest BCUT2D eigenvalue weighted by Crippen LogP contribution is 2.40. The Morgan fingerprint density at radius 3 is 2.52 bits per heavy atom. The van der Waals surface area contributed by atoms with E-state index in [-0.39, 0.29) is 17.2 Å². The van der Waals surface area contributed by atoms with E-state index in [0.29, 0.717) is 25.9 Å². The van der Waals surface area contributed by atoms with Gasteiger partial charge in [-0.3, -0.25) is 4.79 Å². The van der Waals surface area contributed by atoms with E-state index >= 15 is 0 Å². The van der Waals surface area contributed by atoms with Gasteiger partial charge in [-0.15, -0.1) is 0 Å². The minimum atomic E-state index is -1.08. The van der Waals surface area contributed by atoms with E-state index in [1.54, 1.807) is 0 Å². The number of likely N-dealkylation sites (tertiary alicyclic amines) is 1. The first kappa shape index (κ1) is 18.0. The number of aliphatic hydroxyl groups excluding tert-OH is 1. The average Bonchev–Trinajstić information content (AvgIpc) is 2.55. The van der Waals surface area contributed by atoms with Crippen molar-refractivity contribution >= 4 is 11.9 Å². The molecule has 1 saturated heterocycles. The smallest absolute Gasteiger partial charge is 0.334 e. The molecule has 2 rings (SSSR count). The van der Waals surface area contributed by atoms with E-state index in [0.717, 1.165) is 19.3 Å². The molecule has 0 radical (unpaired) electrons. The Bertz CT molecular complexity index is 475. The summed E-state index contributed by atoms with van der Waals surface area (Å²) in [6.45, 7) is 5.60. The number of allylic oxidation sites excluding steroid dienone is 1. The first-order chi connectivity index (χ1) is 10.8. The Morgan fingerprint density at radius 2 is 1.96 bits per heavy atom. The molecule has 2 fully saturated rings. The number of esters is 1. The number of rotatable bonds is 3. The van der Waals surface area contributed by atoms with Crippen LogP contribution < -0.4 is 0 Å². The summed E-state index contributed by atoms with van der Waals surface area (Å²) in [6.07, 6.45) is 6.56. The molecule has 23 heavy (non-hydrogen) atoms. The molecule has 5 heteroatoms. The summed E-state index contributed by atoms with van der Waals surface area (Å²) in [6, 6.07) is 0. The van der Waals surface area contributed by atoms with Crippen molar-refractivity contribution in [2.45, 2.75) is 58.5 Å². The van der Waals surface area contributed by atoms with Crippen molar-refractivity contribution in [3.8, 4) is 0 Å². The van der Waals surface area contributed by atoms with Crippen LogP contribution in [0.1, 0.15) is 52.4 Å². The summed E-state index contributed by atoms with van der Waals surface area (Å²) in [5, 5.41) is 9.91. The number of aliphatic hydroxyl groups is 1. The number of piperidine rings is 1. The van der Waals surface area contributed by atoms with Gasteiger partial charge in [-0.1, -0.05) is 25.8 Å². The van der Waals surface area contributed by atoms with Gasteiger partial charge in [0.2, 0.25) is 5.91 Å². The summed E-state index contributed by atoms with van der Waals surface area (Å²) in [7, 11) is 1.28. The van der Waals surface area contributed by atoms with Crippen molar-refractivity contribution in [1.29, 1.82) is 0 Å². The van der Waals surface area contributed by atoms with Gasteiger partial charge in [0, 0.05) is 19.2 Å². The van der Waals surface area contributed by atoms with Crippen LogP contribution in [-0.4, -0.2) is 48.2 Å². The van der Waals surface area contributed by atoms with E-state index in [4.69, 9.17) is 0 Å². The largest absolute Gasteiger partial charge is 0.467 e. The minimum Gasteiger partial charge on any atom is -0.467 e. The highest BCUT2D eigenvalue weighted by molar-refractivity contribution is 5.88. The highest BCUT2D eigenvalue weighted by atomic mass is 16.5. The third-order valence-electron chi connectivity index (χ3n) is 5.41. The third kappa shape index (κ3) is 4.34. The fraction of sp³-hybridized carbons (Fsp3) is 0.778. The van der Waals surface area contributed by atoms with Gasteiger partial charge in [0.1, 0.15) is 0 Å². The number of hydrogen-bond donors (Lipinski definition) is 1. The Morgan fingerprint density at radius 1 is 1.30 bits per heavy atom. The van der Waals surface area contributed by atoms with E-state index in [2.05, 4.69) is 18.6 Å². The molecule has 2 aliphatic rings. The van der Waals surface area contributed by atoms with E-state index in [9.17, 15) is 14.7 Å². The molecule has 1 saturated carbocycles. The quantitative estimate of drug-likeness (QED) is 0.639. The van der Waals surface area contributed by atoms with Gasteiger partial charge in [0.15, 0.2) is 6.10 Å². The zero-order valence-electron chi connectivity index (χ0n) is 14.5. The van der Waals surface area contributed by atoms with E-state index < -0.39 is 12.1 Å². The molecule has 1 atom stereocenters. The summed E-state index contributed by atoms with van der Waals surface area (Å²) in [5.74, 6) is -0.632. The predicted octanol–water partition coefficient (Wildman–Crippen LogP) is 2.29. The zero-order valence-corrected chi connectivity index (χ0v) is 14.5. The van der Waals surface area contributed by atoms with Crippen molar-refractivity contribution in [3.63, 3.8) is 0 Å². The summed E-state index contributed by atoms with van der Waals surface area (Å²) in [4.78, 5) is 25.7. The second-order valence-corrected chi connectivity index (χ2v) is 7.39. The van der Waals surface area contributed by atoms with Crippen LogP contribution in [-0.2, 0) is 14.3 Å². The molecule has 0 spiro atoms. The monoisotopic (exact) mass is 323 g/mol. The number of carbonyl (C=O) groups excluding carboxylic acids is 2. The lowest BCUT2D eigenvalue weighted by molar-refractivity contribution is -0.154. The van der Waals surface area contributed by atoms with Gasteiger partial charge in [0.05, 0.1) is 7.11 Å². The van der Waals surface area contributed by atoms with Gasteiger partial charge < -0.3 is 14.7 Å². The average molecular weight is 323 g/mol. The zero-order chi connectivity index (χ0) is 17.0. The lowest BCUT2D eigenvalue weighted by Gasteiger charge is -2.35. The van der Waals surface area contributed by atoms with Gasteiger partial charge in [-0.25, -0.2) is 4.79 Å². The fourth-order valence-electron chi connectivity index (χ4n) is 3.64. The molecular formula is C18H29NO4. The second-order valence-electron chi connectivity index (χ2n) is 7.39. The molecule has 1 amide bonds. The maximum atomic E-state index is 12.5. The lowest BCUT2D eigenvalue weighted by atomic mass is 9.73. The van der Waals surface area contributed by atoms with Crippen molar-refractivity contribution in [2.24, 2.45) is 11.3 Å². The summed E-state index contributed by atoms with van der Waals surface area (Å²) in [5.41, 5.74) is 1.37. The van der Waals surface area contributed by atoms with Crippen LogP contribution in [0.3, 0.4) is 0 Å². The molecule has 1 aliphatic heterocycles. The maximum absolute atomic E-state index is 12.5. The number of hydrogen-bond acceptors (Lipinski definition) is 4. The van der Waals surface area contributed by atoms with Gasteiger partial charge >= 0.3 is 5.97 Å². The molecule has 5 nitrogen and oxygen atoms in total. The maximum Gasteiger partial charge on any atom is 0.334 e. The Hall–Kier alpha value is -1.36. The Kier molecular flexibility index (Phi) is 5.84. The fourth-order valence-corrected chi connectivity index (χ4v) is 3.64. The molecule has 130 valence electrons. The lowest BCUT2D eigenvalue weighted by Crippen LogP contribution is -2.43. The third-order valence-corrected chi connectivity index (χ3v) is 5.41. The van der Waals surface area contributed by atoms with Crippen LogP contribution in [0.4, 0.5) is 0 Å². The first-order valence-electron chi connectivity index (χ1n) is 8.61. The van der Waals surface area contributed by atoms with Crippen molar-refractivity contribution < 1.29 is 19.4 Å². The second kappa shape index (κ2) is 7.47. The standard InChI is InChI=1S/C18H29NO4/c1-18(2)9-5-4-6-14(18)12-15(20)19-10-7-13(8-11-19)16(21)17(22)23-3/h12-13,16,21H,4-11H2,1-3H3/b14-12-. The molecule has 1 unspecified atom stereocenters. The van der Waals surface area contributed by atoms with Gasteiger partial charge in [0.25, 0.3) is 0 Å². The Labute approximate surface area is 138 Å². The van der Waals surface area contributed by atoms with Gasteiger partial charge in [-0.05, 0) is 43.4 Å². The van der Waals surface area contributed by atoms with Crippen LogP contribution in [0.2, 0.25) is 0 Å². The number of amides is 1. The molecule has 0 aromatic rings. The SMILES string of the molecule is COC(=O)C(O)C1CCN(C(=O)/C=C2/CCCCC2(C)C)CC1. The molecule has 1 heterocycles. The van der Waals surface area contributed by atoms with Crippen molar-refractivity contribution in [2.75, 3.05) is 20.2 Å². The molecule has 1 aliphatic carbocycles. The van der Waals surface area contributed by atoms with Gasteiger partial charge in [-0.2, -0.15) is 0 Å². The topological polar surface area (TPSA) is 66.8 Å². The molecule has 1 N–H and O–H groups in total. The summed E-state index contributed by atoms with van der Waals surface area (Å²) >= 11 is 0. The van der Waals surface area contributed by atoms with Crippen LogP contribution in [0.15, 0.2) is 11.6 Å². The van der Waals surface area contributed by atoms with Crippen molar-refractivity contribution in [1.82, 2.24) is 4.90 Å². The van der Waals surface area contributed by atoms with Crippen LogP contribution in [0.5, 0.6) is 0 Å². The molecule has 0 aromatic heterocycles. The van der Waals surface area contributed by atoms with E-state index in [1.165, 1.54) is 19.1 Å². The van der Waals surface area contributed by atoms with Crippen molar-refractivity contribution in [3.05, 3.63) is 11.6 Å². The van der Waals surface area contributed by atoms with Crippen LogP contribution >= 0.6 is 0 Å². The number of methoxy groups -OCH3 is 1. The minimum absolute atomic E-state index is 0.0704. The normalized spacial score (nSPS) is 25.2. The van der Waals surface area contributed by atoms with Crippen LogP contribution in [0, 0.1) is 11.3 Å². The number of carbonyl (C=O) groups is 2. The summed E-state index contributed by atoms with van der Waals surface area (Å²) < 4.78 is 4.58. The van der Waals surface area contributed by atoms with E-state index in [1.807, 2.05) is 11.0 Å². The number of ether oxygens (including phenoxy) is 1. The Balaban J connectivity index is 1.92. The highest BCUT2D eigenvalue weighted by Gasteiger charge is 2.32.